The summed E-state index contributed by atoms with van der Waals surface area (Å²) >= 11 is 4.29. The molecule has 5 rings (SSSR count). The molecular weight excluding hydrogens is 639 g/mol. The molecule has 0 fully saturated rings. The first-order valence-corrected chi connectivity index (χ1v) is 17.1. The standard InChI is InChI=1S/C34H31N5O4S3/c1-4-44-34-39-38-33(46-34)37-30(40)22(3)45-27-17-14-25(15-18-27)35-32(42)28(36-31(41)24-8-6-5-7-9-24)20-26-16-19-29(43-26)23-12-10-21(2)11-13-23/h5-20,22H,4H2,1-3H3,(H,35,42)(H,36,41)(H,37,38,40)/b28-20-/t22-/m1/s1. The summed E-state index contributed by atoms with van der Waals surface area (Å²) in [5.41, 5.74) is 2.97. The number of amides is 3. The first-order valence-electron chi connectivity index (χ1n) is 14.4. The van der Waals surface area contributed by atoms with Gasteiger partial charge in [-0.15, -0.1) is 22.0 Å². The van der Waals surface area contributed by atoms with Crippen molar-refractivity contribution in [1.82, 2.24) is 15.5 Å². The fourth-order valence-corrected chi connectivity index (χ4v) is 6.63. The molecule has 12 heteroatoms. The van der Waals surface area contributed by atoms with Gasteiger partial charge in [0.2, 0.25) is 11.0 Å². The van der Waals surface area contributed by atoms with Gasteiger partial charge < -0.3 is 15.1 Å². The van der Waals surface area contributed by atoms with E-state index in [4.69, 9.17) is 4.42 Å². The van der Waals surface area contributed by atoms with Crippen molar-refractivity contribution < 1.29 is 18.8 Å². The lowest BCUT2D eigenvalue weighted by atomic mass is 10.1. The van der Waals surface area contributed by atoms with E-state index in [2.05, 4.69) is 26.1 Å². The fourth-order valence-electron chi connectivity index (χ4n) is 4.11. The Kier molecular flexibility index (Phi) is 11.1. The van der Waals surface area contributed by atoms with E-state index in [1.54, 1.807) is 54.2 Å². The van der Waals surface area contributed by atoms with Crippen molar-refractivity contribution in [1.29, 1.82) is 0 Å². The highest BCUT2D eigenvalue weighted by Gasteiger charge is 2.19. The predicted molar refractivity (Wildman–Crippen MR) is 186 cm³/mol. The smallest absolute Gasteiger partial charge is 0.272 e. The van der Waals surface area contributed by atoms with Crippen molar-refractivity contribution in [3.63, 3.8) is 0 Å². The molecule has 2 heterocycles. The Morgan fingerprint density at radius 3 is 2.37 bits per heavy atom. The maximum absolute atomic E-state index is 13.5. The van der Waals surface area contributed by atoms with Crippen LogP contribution in [0, 0.1) is 6.92 Å². The third-order valence-electron chi connectivity index (χ3n) is 6.48. The average Bonchev–Trinajstić information content (AvgIpc) is 3.72. The number of furan rings is 1. The van der Waals surface area contributed by atoms with Crippen LogP contribution in [0.2, 0.25) is 0 Å². The zero-order valence-electron chi connectivity index (χ0n) is 25.3. The molecule has 0 bridgehead atoms. The number of carbonyl (C=O) groups excluding carboxylic acids is 3. The molecule has 0 aliphatic heterocycles. The van der Waals surface area contributed by atoms with Crippen molar-refractivity contribution in [2.24, 2.45) is 0 Å². The minimum atomic E-state index is -0.525. The molecule has 0 spiro atoms. The number of rotatable bonds is 12. The number of nitrogens with one attached hydrogen (secondary N) is 3. The average molecular weight is 670 g/mol. The van der Waals surface area contributed by atoms with Crippen LogP contribution in [0.5, 0.6) is 0 Å². The van der Waals surface area contributed by atoms with Gasteiger partial charge in [-0.3, -0.25) is 19.7 Å². The lowest BCUT2D eigenvalue weighted by Gasteiger charge is -2.12. The van der Waals surface area contributed by atoms with Crippen molar-refractivity contribution >= 4 is 69.5 Å². The molecule has 0 aliphatic rings. The van der Waals surface area contributed by atoms with Crippen LogP contribution >= 0.6 is 34.9 Å². The van der Waals surface area contributed by atoms with E-state index in [1.165, 1.54) is 29.2 Å². The van der Waals surface area contributed by atoms with E-state index >= 15 is 0 Å². The molecule has 46 heavy (non-hydrogen) atoms. The Hall–Kier alpha value is -4.65. The molecule has 3 N–H and O–H groups in total. The minimum absolute atomic E-state index is 0.0135. The number of aromatic nitrogens is 2. The summed E-state index contributed by atoms with van der Waals surface area (Å²) in [5.74, 6) is 0.786. The predicted octanol–water partition coefficient (Wildman–Crippen LogP) is 7.75. The van der Waals surface area contributed by atoms with Gasteiger partial charge in [0.1, 0.15) is 17.2 Å². The summed E-state index contributed by atoms with van der Waals surface area (Å²) in [5, 5.41) is 16.6. The normalized spacial score (nSPS) is 11.9. The molecule has 5 aromatic rings. The quantitative estimate of drug-likeness (QED) is 0.0700. The Morgan fingerprint density at radius 2 is 1.65 bits per heavy atom. The highest BCUT2D eigenvalue weighted by molar-refractivity contribution is 8.01. The zero-order chi connectivity index (χ0) is 32.5. The molecule has 2 aromatic heterocycles. The number of aryl methyl sites for hydroxylation is 1. The molecule has 0 aliphatic carbocycles. The van der Waals surface area contributed by atoms with Gasteiger partial charge in [0, 0.05) is 27.8 Å². The summed E-state index contributed by atoms with van der Waals surface area (Å²) < 4.78 is 6.81. The van der Waals surface area contributed by atoms with Crippen molar-refractivity contribution in [3.05, 3.63) is 114 Å². The highest BCUT2D eigenvalue weighted by Crippen LogP contribution is 2.29. The number of thioether (sulfide) groups is 2. The lowest BCUT2D eigenvalue weighted by molar-refractivity contribution is -0.115. The summed E-state index contributed by atoms with van der Waals surface area (Å²) in [4.78, 5) is 40.0. The van der Waals surface area contributed by atoms with Gasteiger partial charge in [0.15, 0.2) is 4.34 Å². The van der Waals surface area contributed by atoms with Gasteiger partial charge in [0.25, 0.3) is 11.8 Å². The SMILES string of the molecule is CCSc1nnc(NC(=O)[C@@H](C)Sc2ccc(NC(=O)/C(=C/c3ccc(-c4ccc(C)cc4)o3)NC(=O)c3ccccc3)cc2)s1. The van der Waals surface area contributed by atoms with Crippen LogP contribution in [0.4, 0.5) is 10.8 Å². The van der Waals surface area contributed by atoms with Gasteiger partial charge in [0.05, 0.1) is 5.25 Å². The Balaban J connectivity index is 1.26. The number of carbonyl (C=O) groups is 3. The lowest BCUT2D eigenvalue weighted by Crippen LogP contribution is -2.30. The zero-order valence-corrected chi connectivity index (χ0v) is 27.7. The summed E-state index contributed by atoms with van der Waals surface area (Å²) in [6, 6.07) is 27.2. The molecule has 0 saturated heterocycles. The minimum Gasteiger partial charge on any atom is -0.457 e. The van der Waals surface area contributed by atoms with Crippen LogP contribution in [0.3, 0.4) is 0 Å². The van der Waals surface area contributed by atoms with E-state index in [0.717, 1.165) is 26.1 Å². The van der Waals surface area contributed by atoms with E-state index in [1.807, 2.05) is 69.3 Å². The number of nitrogens with zero attached hydrogens (tertiary/aromatic N) is 2. The second-order valence-corrected chi connectivity index (χ2v) is 13.9. The van der Waals surface area contributed by atoms with Crippen LogP contribution in [0.15, 0.2) is 110 Å². The van der Waals surface area contributed by atoms with Crippen LogP contribution in [0.1, 0.15) is 35.5 Å². The third-order valence-corrected chi connectivity index (χ3v) is 9.44. The van der Waals surface area contributed by atoms with Crippen LogP contribution in [-0.4, -0.2) is 38.9 Å². The number of hydrogen-bond donors (Lipinski definition) is 3. The second-order valence-electron chi connectivity index (χ2n) is 9.98. The third kappa shape index (κ3) is 8.96. The van der Waals surface area contributed by atoms with Crippen LogP contribution < -0.4 is 16.0 Å². The van der Waals surface area contributed by atoms with E-state index in [-0.39, 0.29) is 11.6 Å². The number of benzene rings is 3. The molecule has 3 amide bonds. The second kappa shape index (κ2) is 15.6. The first kappa shape index (κ1) is 32.7. The monoisotopic (exact) mass is 669 g/mol. The van der Waals surface area contributed by atoms with Gasteiger partial charge in [-0.25, -0.2) is 0 Å². The number of anilines is 2. The summed E-state index contributed by atoms with van der Waals surface area (Å²) in [6.07, 6.45) is 1.50. The van der Waals surface area contributed by atoms with Crippen molar-refractivity contribution in [2.75, 3.05) is 16.4 Å². The first-order chi connectivity index (χ1) is 22.3. The van der Waals surface area contributed by atoms with E-state index in [0.29, 0.717) is 27.9 Å². The maximum atomic E-state index is 13.5. The molecule has 0 saturated carbocycles. The van der Waals surface area contributed by atoms with Crippen LogP contribution in [-0.2, 0) is 9.59 Å². The molecule has 0 radical (unpaired) electrons. The molecule has 1 atom stereocenters. The van der Waals surface area contributed by atoms with Crippen molar-refractivity contribution in [3.8, 4) is 11.3 Å². The highest BCUT2D eigenvalue weighted by atomic mass is 32.2. The van der Waals surface area contributed by atoms with E-state index < -0.39 is 17.1 Å². The van der Waals surface area contributed by atoms with E-state index in [9.17, 15) is 14.4 Å². The molecule has 3 aromatic carbocycles. The van der Waals surface area contributed by atoms with Gasteiger partial charge in [-0.1, -0.05) is 78.1 Å². The van der Waals surface area contributed by atoms with Crippen LogP contribution in [0.25, 0.3) is 17.4 Å². The van der Waals surface area contributed by atoms with Gasteiger partial charge in [-0.2, -0.15) is 0 Å². The molecule has 234 valence electrons. The van der Waals surface area contributed by atoms with Gasteiger partial charge in [-0.05, 0) is 68.1 Å². The number of hydrogen-bond acceptors (Lipinski definition) is 9. The Labute approximate surface area is 279 Å². The Morgan fingerprint density at radius 1 is 0.913 bits per heavy atom. The molecular formula is C34H31N5O4S3. The summed E-state index contributed by atoms with van der Waals surface area (Å²) in [7, 11) is 0. The topological polar surface area (TPSA) is 126 Å². The fraction of sp³-hybridized carbons (Fsp3) is 0.147. The molecule has 0 unspecified atom stereocenters. The van der Waals surface area contributed by atoms with Gasteiger partial charge >= 0.3 is 0 Å². The summed E-state index contributed by atoms with van der Waals surface area (Å²) in [6.45, 7) is 5.85. The van der Waals surface area contributed by atoms with Crippen molar-refractivity contribution in [2.45, 2.75) is 35.3 Å². The largest absolute Gasteiger partial charge is 0.457 e. The Bertz CT molecular complexity index is 1830. The maximum Gasteiger partial charge on any atom is 0.272 e. The molecule has 9 nitrogen and oxygen atoms in total.